The summed E-state index contributed by atoms with van der Waals surface area (Å²) in [5, 5.41) is 20.5. The fourth-order valence-electron chi connectivity index (χ4n) is 3.67. The van der Waals surface area contributed by atoms with Crippen molar-refractivity contribution in [3.8, 4) is 0 Å². The first-order valence-corrected chi connectivity index (χ1v) is 17.7. The van der Waals surface area contributed by atoms with E-state index in [1.165, 1.54) is 0 Å². The van der Waals surface area contributed by atoms with E-state index in [0.717, 1.165) is 0 Å². The molecule has 0 aromatic rings. The van der Waals surface area contributed by atoms with E-state index in [-0.39, 0.29) is 26.1 Å². The van der Waals surface area contributed by atoms with Gasteiger partial charge in [0, 0.05) is 31.1 Å². The SMILES string of the molecule is [N-]=[N+]=NCCOCCOCCOCCOCCN(CCOCCOCCOCCOCCC(=O)O)CCOCCOCCOCCOCCC(=O)O. The van der Waals surface area contributed by atoms with Crippen LogP contribution < -0.4 is 0 Å². The van der Waals surface area contributed by atoms with Crippen molar-refractivity contribution in [1.29, 1.82) is 0 Å². The third kappa shape index (κ3) is 43.9. The fraction of sp³-hybridized carbons (Fsp3) is 0.938. The lowest BCUT2D eigenvalue weighted by Gasteiger charge is -2.22. The Morgan fingerprint density at radius 1 is 0.404 bits per heavy atom. The Balaban J connectivity index is 3.97. The number of hydrogen-bond acceptors (Lipinski definition) is 16. The molecule has 52 heavy (non-hydrogen) atoms. The van der Waals surface area contributed by atoms with E-state index in [2.05, 4.69) is 14.9 Å². The van der Waals surface area contributed by atoms with Crippen LogP contribution in [0, 0.1) is 0 Å². The van der Waals surface area contributed by atoms with Crippen molar-refractivity contribution in [2.75, 3.05) is 185 Å². The number of ether oxygens (including phenoxy) is 12. The summed E-state index contributed by atoms with van der Waals surface area (Å²) < 4.78 is 65.5. The first-order valence-electron chi connectivity index (χ1n) is 17.7. The van der Waals surface area contributed by atoms with Crippen molar-refractivity contribution in [3.05, 3.63) is 10.4 Å². The van der Waals surface area contributed by atoms with Gasteiger partial charge in [-0.25, -0.2) is 0 Å². The lowest BCUT2D eigenvalue weighted by atomic mass is 10.4. The molecule has 0 spiro atoms. The van der Waals surface area contributed by atoms with Crippen LogP contribution in [0.1, 0.15) is 12.8 Å². The molecule has 0 aromatic carbocycles. The first-order chi connectivity index (χ1) is 25.6. The molecule has 306 valence electrons. The van der Waals surface area contributed by atoms with Crippen LogP contribution in [0.5, 0.6) is 0 Å². The standard InChI is InChI=1S/C32H62N4O16/c33-35-34-3-9-43-15-21-49-27-30-52-24-18-46-12-6-36(4-10-44-16-22-50-28-25-47-19-13-41-7-1-31(37)38)5-11-45-17-23-51-29-26-48-20-14-42-8-2-32(39)40/h1-30H2,(H,37,38)(H,39,40). The smallest absolute Gasteiger partial charge is 0.305 e. The highest BCUT2D eigenvalue weighted by Gasteiger charge is 2.06. The van der Waals surface area contributed by atoms with Crippen LogP contribution in [0.15, 0.2) is 5.11 Å². The predicted octanol–water partition coefficient (Wildman–Crippen LogP) is 0.747. The van der Waals surface area contributed by atoms with Gasteiger partial charge in [0.25, 0.3) is 0 Å². The average Bonchev–Trinajstić information content (AvgIpc) is 3.12. The number of carboxylic acid groups (broad SMARTS) is 2. The maximum Gasteiger partial charge on any atom is 0.305 e. The van der Waals surface area contributed by atoms with Gasteiger partial charge in [-0.05, 0) is 5.53 Å². The fourth-order valence-corrected chi connectivity index (χ4v) is 3.67. The quantitative estimate of drug-likeness (QED) is 0.0377. The highest BCUT2D eigenvalue weighted by molar-refractivity contribution is 5.67. The number of nitrogens with zero attached hydrogens (tertiary/aromatic N) is 4. The summed E-state index contributed by atoms with van der Waals surface area (Å²) in [4.78, 5) is 25.7. The van der Waals surface area contributed by atoms with Gasteiger partial charge in [-0.1, -0.05) is 5.11 Å². The first kappa shape index (κ1) is 49.7. The molecule has 0 unspecified atom stereocenters. The molecule has 20 nitrogen and oxygen atoms in total. The summed E-state index contributed by atoms with van der Waals surface area (Å²) in [6.07, 6.45) is -0.0468. The summed E-state index contributed by atoms with van der Waals surface area (Å²) in [6.45, 7) is 12.2. The Bertz CT molecular complexity index is 746. The zero-order chi connectivity index (χ0) is 37.8. The van der Waals surface area contributed by atoms with Crippen LogP contribution in [-0.4, -0.2) is 212 Å². The van der Waals surface area contributed by atoms with E-state index in [1.54, 1.807) is 0 Å². The van der Waals surface area contributed by atoms with Gasteiger partial charge in [-0.15, -0.1) is 0 Å². The predicted molar refractivity (Wildman–Crippen MR) is 185 cm³/mol. The van der Waals surface area contributed by atoms with Crippen LogP contribution in [0.25, 0.3) is 10.4 Å². The van der Waals surface area contributed by atoms with Gasteiger partial charge in [-0.2, -0.15) is 0 Å². The lowest BCUT2D eigenvalue weighted by molar-refractivity contribution is -0.139. The largest absolute Gasteiger partial charge is 0.481 e. The average molecular weight is 759 g/mol. The van der Waals surface area contributed by atoms with Crippen molar-refractivity contribution < 1.29 is 76.6 Å². The van der Waals surface area contributed by atoms with E-state index < -0.39 is 11.9 Å². The summed E-state index contributed by atoms with van der Waals surface area (Å²) in [6, 6.07) is 0. The van der Waals surface area contributed by atoms with Gasteiger partial charge in [-0.3, -0.25) is 14.5 Å². The molecule has 0 amide bonds. The Kier molecular flexibility index (Phi) is 41.3. The zero-order valence-corrected chi connectivity index (χ0v) is 30.6. The van der Waals surface area contributed by atoms with Crippen molar-refractivity contribution in [3.63, 3.8) is 0 Å². The molecule has 0 aliphatic carbocycles. The summed E-state index contributed by atoms with van der Waals surface area (Å²) in [5.74, 6) is -1.78. The van der Waals surface area contributed by atoms with Gasteiger partial charge >= 0.3 is 11.9 Å². The molecular weight excluding hydrogens is 696 g/mol. The Morgan fingerprint density at radius 2 is 0.635 bits per heavy atom. The number of hydrogen-bond donors (Lipinski definition) is 2. The second-order valence-electron chi connectivity index (χ2n) is 10.4. The highest BCUT2D eigenvalue weighted by atomic mass is 16.6. The third-order valence-corrected chi connectivity index (χ3v) is 6.32. The molecule has 0 aromatic heterocycles. The summed E-state index contributed by atoms with van der Waals surface area (Å²) in [5.41, 5.74) is 8.20. The molecule has 0 fully saturated rings. The number of azide groups is 1. The summed E-state index contributed by atoms with van der Waals surface area (Å²) in [7, 11) is 0. The lowest BCUT2D eigenvalue weighted by Crippen LogP contribution is -2.34. The molecule has 0 atom stereocenters. The minimum Gasteiger partial charge on any atom is -0.481 e. The number of rotatable bonds is 45. The van der Waals surface area contributed by atoms with E-state index >= 15 is 0 Å². The highest BCUT2D eigenvalue weighted by Crippen LogP contribution is 1.94. The maximum atomic E-state index is 10.4. The van der Waals surface area contributed by atoms with Crippen LogP contribution in [0.2, 0.25) is 0 Å². The topological polar surface area (TPSA) is 237 Å². The second-order valence-corrected chi connectivity index (χ2v) is 10.4. The zero-order valence-electron chi connectivity index (χ0n) is 30.6. The van der Waals surface area contributed by atoms with Crippen LogP contribution in [0.4, 0.5) is 0 Å². The maximum absolute atomic E-state index is 10.4. The van der Waals surface area contributed by atoms with Gasteiger partial charge in [0.2, 0.25) is 0 Å². The molecule has 0 bridgehead atoms. The van der Waals surface area contributed by atoms with Gasteiger partial charge in [0.15, 0.2) is 0 Å². The Labute approximate surface area is 306 Å². The van der Waals surface area contributed by atoms with Gasteiger partial charge in [0.1, 0.15) is 0 Å². The monoisotopic (exact) mass is 758 g/mol. The number of carbonyl (C=O) groups is 2. The molecule has 0 aliphatic heterocycles. The van der Waals surface area contributed by atoms with Gasteiger partial charge in [0.05, 0.1) is 171 Å². The van der Waals surface area contributed by atoms with Crippen molar-refractivity contribution in [2.24, 2.45) is 5.11 Å². The molecule has 0 saturated heterocycles. The molecule has 0 radical (unpaired) electrons. The van der Waals surface area contributed by atoms with Gasteiger partial charge < -0.3 is 67.1 Å². The van der Waals surface area contributed by atoms with Crippen LogP contribution in [-0.2, 0) is 66.4 Å². The summed E-state index contributed by atoms with van der Waals surface area (Å²) >= 11 is 0. The molecule has 20 heteroatoms. The minimum absolute atomic E-state index is 0.0234. The number of carboxylic acids is 2. The molecule has 0 aliphatic rings. The van der Waals surface area contributed by atoms with E-state index in [9.17, 15) is 9.59 Å². The molecule has 0 rings (SSSR count). The molecule has 0 saturated carbocycles. The Morgan fingerprint density at radius 3 is 0.885 bits per heavy atom. The van der Waals surface area contributed by atoms with E-state index in [0.29, 0.717) is 172 Å². The third-order valence-electron chi connectivity index (χ3n) is 6.32. The Hall–Kier alpha value is -2.27. The van der Waals surface area contributed by atoms with E-state index in [4.69, 9.17) is 72.6 Å². The molecular formula is C32H62N4O16. The molecule has 2 N–H and O–H groups in total. The van der Waals surface area contributed by atoms with Crippen molar-refractivity contribution in [1.82, 2.24) is 4.90 Å². The van der Waals surface area contributed by atoms with Crippen molar-refractivity contribution >= 4 is 11.9 Å². The van der Waals surface area contributed by atoms with E-state index in [1.807, 2.05) is 0 Å². The number of aliphatic carboxylic acids is 2. The van der Waals surface area contributed by atoms with Crippen LogP contribution >= 0.6 is 0 Å². The normalized spacial score (nSPS) is 11.3. The molecule has 0 heterocycles. The second kappa shape index (κ2) is 43.1. The minimum atomic E-state index is -0.890. The van der Waals surface area contributed by atoms with Crippen molar-refractivity contribution in [2.45, 2.75) is 12.8 Å². The van der Waals surface area contributed by atoms with Crippen LogP contribution in [0.3, 0.4) is 0 Å².